The second-order valence-corrected chi connectivity index (χ2v) is 8.78. The van der Waals surface area contributed by atoms with Crippen LogP contribution in [0.5, 0.6) is 0 Å². The van der Waals surface area contributed by atoms with Gasteiger partial charge in [0.1, 0.15) is 0 Å². The first kappa shape index (κ1) is 19.2. The Balaban J connectivity index is 1.63. The molecule has 140 valence electrons. The molecule has 0 saturated carbocycles. The summed E-state index contributed by atoms with van der Waals surface area (Å²) in [6.45, 7) is 2.17. The molecule has 3 aromatic rings. The van der Waals surface area contributed by atoms with E-state index in [9.17, 15) is 13.2 Å². The highest BCUT2D eigenvalue weighted by atomic mass is 32.2. The minimum absolute atomic E-state index is 0.00569. The van der Waals surface area contributed by atoms with Crippen LogP contribution in [0.2, 0.25) is 0 Å². The molecule has 0 bridgehead atoms. The molecule has 27 heavy (non-hydrogen) atoms. The molecule has 0 saturated heterocycles. The van der Waals surface area contributed by atoms with Gasteiger partial charge in [0.05, 0.1) is 0 Å². The molecule has 1 atom stereocenters. The lowest BCUT2D eigenvalue weighted by Gasteiger charge is -2.12. The van der Waals surface area contributed by atoms with Crippen molar-refractivity contribution in [3.8, 4) is 0 Å². The van der Waals surface area contributed by atoms with Gasteiger partial charge in [-0.1, -0.05) is 66.8 Å². The molecule has 9 heteroatoms. The minimum atomic E-state index is -3.80. The molecule has 0 aliphatic rings. The maximum Gasteiger partial charge on any atom is 0.269 e. The Bertz CT molecular complexity index is 1010. The highest BCUT2D eigenvalue weighted by Gasteiger charge is 2.22. The number of aromatic nitrogens is 2. The van der Waals surface area contributed by atoms with Crippen molar-refractivity contribution in [1.29, 1.82) is 0 Å². The van der Waals surface area contributed by atoms with Gasteiger partial charge in [-0.25, -0.2) is 13.1 Å². The number of amides is 1. The fraction of sp³-hybridized carbons (Fsp3) is 0.167. The van der Waals surface area contributed by atoms with E-state index in [1.807, 2.05) is 37.3 Å². The average molecular weight is 403 g/mol. The van der Waals surface area contributed by atoms with Gasteiger partial charge in [-0.15, -0.1) is 10.2 Å². The van der Waals surface area contributed by atoms with Gasteiger partial charge < -0.3 is 0 Å². The van der Waals surface area contributed by atoms with Gasteiger partial charge in [-0.3, -0.25) is 10.1 Å². The van der Waals surface area contributed by atoms with Gasteiger partial charge in [-0.2, -0.15) is 0 Å². The van der Waals surface area contributed by atoms with Crippen LogP contribution in [0.25, 0.3) is 0 Å². The van der Waals surface area contributed by atoms with E-state index in [1.54, 1.807) is 30.3 Å². The van der Waals surface area contributed by atoms with Crippen molar-refractivity contribution >= 4 is 32.4 Å². The molecular formula is C18H18N4O3S2. The van der Waals surface area contributed by atoms with E-state index in [4.69, 9.17) is 0 Å². The van der Waals surface area contributed by atoms with Gasteiger partial charge in [-0.05, 0) is 23.6 Å². The summed E-state index contributed by atoms with van der Waals surface area (Å²) >= 11 is 0.806. The van der Waals surface area contributed by atoms with Crippen molar-refractivity contribution in [1.82, 2.24) is 14.9 Å². The molecule has 1 amide bonds. The van der Waals surface area contributed by atoms with E-state index in [2.05, 4.69) is 20.2 Å². The average Bonchev–Trinajstić information content (AvgIpc) is 3.17. The number of carbonyl (C=O) groups is 1. The number of hydrogen-bond acceptors (Lipinski definition) is 6. The predicted octanol–water partition coefficient (Wildman–Crippen LogP) is 2.87. The molecule has 1 heterocycles. The quantitative estimate of drug-likeness (QED) is 0.592. The van der Waals surface area contributed by atoms with Crippen LogP contribution >= 0.6 is 11.3 Å². The predicted molar refractivity (Wildman–Crippen MR) is 104 cm³/mol. The number of sulfonamides is 1. The summed E-state index contributed by atoms with van der Waals surface area (Å²) in [5.74, 6) is -0.368. The van der Waals surface area contributed by atoms with E-state index < -0.39 is 10.0 Å². The van der Waals surface area contributed by atoms with Crippen molar-refractivity contribution in [3.63, 3.8) is 0 Å². The lowest BCUT2D eigenvalue weighted by atomic mass is 10.0. The van der Waals surface area contributed by atoms with Crippen LogP contribution in [0.3, 0.4) is 0 Å². The van der Waals surface area contributed by atoms with Crippen molar-refractivity contribution in [3.05, 3.63) is 71.8 Å². The first-order valence-electron chi connectivity index (χ1n) is 8.20. The monoisotopic (exact) mass is 402 g/mol. The number of rotatable bonds is 7. The third-order valence-electron chi connectivity index (χ3n) is 3.84. The molecule has 3 rings (SSSR count). The fourth-order valence-electron chi connectivity index (χ4n) is 2.32. The number of benzene rings is 2. The summed E-state index contributed by atoms with van der Waals surface area (Å²) in [5, 5.41) is 10.1. The van der Waals surface area contributed by atoms with Crippen LogP contribution in [-0.2, 0) is 10.0 Å². The molecule has 0 unspecified atom stereocenters. The van der Waals surface area contributed by atoms with E-state index >= 15 is 0 Å². The molecule has 7 nitrogen and oxygen atoms in total. The zero-order chi connectivity index (χ0) is 19.3. The zero-order valence-electron chi connectivity index (χ0n) is 14.5. The first-order valence-corrected chi connectivity index (χ1v) is 10.5. The van der Waals surface area contributed by atoms with Gasteiger partial charge in [0, 0.05) is 12.1 Å². The maximum atomic E-state index is 12.4. The summed E-state index contributed by atoms with van der Waals surface area (Å²) in [5.41, 5.74) is 1.49. The fourth-order valence-corrected chi connectivity index (χ4v) is 4.39. The Morgan fingerprint density at radius 1 is 1.04 bits per heavy atom. The van der Waals surface area contributed by atoms with Crippen molar-refractivity contribution in [2.45, 2.75) is 17.2 Å². The smallest absolute Gasteiger partial charge is 0.269 e. The largest absolute Gasteiger partial charge is 0.296 e. The van der Waals surface area contributed by atoms with E-state index in [1.165, 1.54) is 0 Å². The molecule has 2 N–H and O–H groups in total. The van der Waals surface area contributed by atoms with E-state index in [0.29, 0.717) is 5.56 Å². The first-order chi connectivity index (χ1) is 13.0. The van der Waals surface area contributed by atoms with Crippen LogP contribution < -0.4 is 10.0 Å². The van der Waals surface area contributed by atoms with Crippen LogP contribution in [0.4, 0.5) is 5.13 Å². The SMILES string of the molecule is C[C@@H](CNS(=O)(=O)c1nnc(NC(=O)c2ccccc2)s1)c1ccccc1. The molecule has 1 aromatic heterocycles. The topological polar surface area (TPSA) is 101 Å². The minimum Gasteiger partial charge on any atom is -0.296 e. The second-order valence-electron chi connectivity index (χ2n) is 5.86. The Morgan fingerprint density at radius 3 is 2.33 bits per heavy atom. The summed E-state index contributed by atoms with van der Waals surface area (Å²) in [6.07, 6.45) is 0. The standard InChI is InChI=1S/C18H18N4O3S2/c1-13(14-8-4-2-5-9-14)12-19-27(24,25)18-22-21-17(26-18)20-16(23)15-10-6-3-7-11-15/h2-11,13,19H,12H2,1H3,(H,20,21,23)/t13-/m0/s1. The number of anilines is 1. The summed E-state index contributed by atoms with van der Waals surface area (Å²) < 4.78 is 27.2. The zero-order valence-corrected chi connectivity index (χ0v) is 16.1. The molecule has 0 radical (unpaired) electrons. The summed E-state index contributed by atoms with van der Waals surface area (Å²) in [4.78, 5) is 12.1. The third kappa shape index (κ3) is 4.97. The maximum absolute atomic E-state index is 12.4. The normalized spacial score (nSPS) is 12.5. The van der Waals surface area contributed by atoms with Crippen LogP contribution in [0, 0.1) is 0 Å². The highest BCUT2D eigenvalue weighted by molar-refractivity contribution is 7.91. The van der Waals surface area contributed by atoms with Crippen molar-refractivity contribution in [2.75, 3.05) is 11.9 Å². The molecular weight excluding hydrogens is 384 g/mol. The van der Waals surface area contributed by atoms with Crippen molar-refractivity contribution in [2.24, 2.45) is 0 Å². The highest BCUT2D eigenvalue weighted by Crippen LogP contribution is 2.21. The van der Waals surface area contributed by atoms with Gasteiger partial charge in [0.15, 0.2) is 0 Å². The number of carbonyl (C=O) groups excluding carboxylic acids is 1. The van der Waals surface area contributed by atoms with Crippen LogP contribution in [0.15, 0.2) is 65.0 Å². The van der Waals surface area contributed by atoms with Crippen LogP contribution in [-0.4, -0.2) is 31.1 Å². The van der Waals surface area contributed by atoms with Gasteiger partial charge in [0.2, 0.25) is 9.47 Å². The molecule has 0 fully saturated rings. The van der Waals surface area contributed by atoms with Crippen LogP contribution in [0.1, 0.15) is 28.8 Å². The lowest BCUT2D eigenvalue weighted by Crippen LogP contribution is -2.27. The van der Waals surface area contributed by atoms with Crippen molar-refractivity contribution < 1.29 is 13.2 Å². The summed E-state index contributed by atoms with van der Waals surface area (Å²) in [6, 6.07) is 18.2. The second kappa shape index (κ2) is 8.38. The molecule has 0 aliphatic carbocycles. The number of nitrogens with one attached hydrogen (secondary N) is 2. The molecule has 0 spiro atoms. The van der Waals surface area contributed by atoms with Gasteiger partial charge in [0.25, 0.3) is 15.9 Å². The Morgan fingerprint density at radius 2 is 1.67 bits per heavy atom. The molecule has 2 aromatic carbocycles. The van der Waals surface area contributed by atoms with Gasteiger partial charge >= 0.3 is 0 Å². The van der Waals surface area contributed by atoms with E-state index in [0.717, 1.165) is 16.9 Å². The molecule has 0 aliphatic heterocycles. The number of hydrogen-bond donors (Lipinski definition) is 2. The Hall–Kier alpha value is -2.62. The third-order valence-corrected chi connectivity index (χ3v) is 6.47. The lowest BCUT2D eigenvalue weighted by molar-refractivity contribution is 0.102. The summed E-state index contributed by atoms with van der Waals surface area (Å²) in [7, 11) is -3.80. The Kier molecular flexibility index (Phi) is 5.94. The Labute approximate surface area is 161 Å². The number of nitrogens with zero attached hydrogens (tertiary/aromatic N) is 2. The van der Waals surface area contributed by atoms with E-state index in [-0.39, 0.29) is 27.8 Å².